The van der Waals surface area contributed by atoms with Crippen molar-refractivity contribution in [3.05, 3.63) is 47.5 Å². The van der Waals surface area contributed by atoms with Gasteiger partial charge in [0.2, 0.25) is 10.0 Å². The molecule has 25 heavy (non-hydrogen) atoms. The highest BCUT2D eigenvalue weighted by molar-refractivity contribution is 7.89. The van der Waals surface area contributed by atoms with Crippen molar-refractivity contribution in [2.45, 2.75) is 18.4 Å². The van der Waals surface area contributed by atoms with Gasteiger partial charge < -0.3 is 14.2 Å². The Hall–Kier alpha value is -2.32. The lowest BCUT2D eigenvalue weighted by atomic mass is 10.2. The third-order valence-electron chi connectivity index (χ3n) is 3.59. The van der Waals surface area contributed by atoms with E-state index in [1.807, 2.05) is 26.2 Å². The normalized spacial score (nSPS) is 12.1. The molecule has 1 heterocycles. The number of hydrogen-bond donors (Lipinski definition) is 0. The molecule has 0 atom stereocenters. The van der Waals surface area contributed by atoms with Crippen molar-refractivity contribution < 1.29 is 17.7 Å². The summed E-state index contributed by atoms with van der Waals surface area (Å²) in [5, 5.41) is 3.81. The Balaban J connectivity index is 2.29. The first kappa shape index (κ1) is 19.0. The molecule has 0 saturated carbocycles. The summed E-state index contributed by atoms with van der Waals surface area (Å²) < 4.78 is 37.5. The van der Waals surface area contributed by atoms with Crippen LogP contribution < -0.4 is 4.74 Å². The Morgan fingerprint density at radius 3 is 2.40 bits per heavy atom. The first-order chi connectivity index (χ1) is 11.8. The van der Waals surface area contributed by atoms with Crippen molar-refractivity contribution in [1.82, 2.24) is 14.4 Å². The first-order valence-electron chi connectivity index (χ1n) is 7.66. The maximum atomic E-state index is 13.0. The fourth-order valence-electron chi connectivity index (χ4n) is 2.24. The minimum absolute atomic E-state index is 0.0848. The van der Waals surface area contributed by atoms with Crippen LogP contribution in [0.3, 0.4) is 0 Å². The molecule has 0 aliphatic rings. The number of ether oxygens (including phenoxy) is 1. The molecule has 7 nitrogen and oxygen atoms in total. The van der Waals surface area contributed by atoms with Gasteiger partial charge in [0.15, 0.2) is 10.7 Å². The molecule has 0 spiro atoms. The third-order valence-corrected chi connectivity index (χ3v) is 5.55. The molecule has 0 N–H and O–H groups in total. The Morgan fingerprint density at radius 1 is 1.20 bits per heavy atom. The lowest BCUT2D eigenvalue weighted by molar-refractivity contribution is 0.404. The summed E-state index contributed by atoms with van der Waals surface area (Å²) >= 11 is 0. The smallest absolute Gasteiger partial charge is 0.248 e. The predicted octanol–water partition coefficient (Wildman–Crippen LogP) is 2.34. The second kappa shape index (κ2) is 7.71. The summed E-state index contributed by atoms with van der Waals surface area (Å²) in [7, 11) is 3.05. The molecule has 0 saturated heterocycles. The van der Waals surface area contributed by atoms with E-state index in [-0.39, 0.29) is 17.2 Å². The van der Waals surface area contributed by atoms with E-state index in [1.165, 1.54) is 11.4 Å². The highest BCUT2D eigenvalue weighted by Crippen LogP contribution is 2.25. The van der Waals surface area contributed by atoms with Crippen LogP contribution in [0, 0.1) is 6.92 Å². The fraction of sp³-hybridized carbons (Fsp3) is 0.353. The predicted molar refractivity (Wildman–Crippen MR) is 95.6 cm³/mol. The molecule has 8 heteroatoms. The van der Waals surface area contributed by atoms with Gasteiger partial charge in [-0.15, -0.1) is 0 Å². The summed E-state index contributed by atoms with van der Waals surface area (Å²) in [6, 6.07) is 7.26. The number of rotatable bonds is 7. The van der Waals surface area contributed by atoms with Gasteiger partial charge in [0.25, 0.3) is 0 Å². The van der Waals surface area contributed by atoms with E-state index < -0.39 is 10.0 Å². The molecule has 2 rings (SSSR count). The van der Waals surface area contributed by atoms with Gasteiger partial charge in [-0.1, -0.05) is 17.3 Å². The molecule has 0 fully saturated rings. The van der Waals surface area contributed by atoms with E-state index >= 15 is 0 Å². The quantitative estimate of drug-likeness (QED) is 0.750. The third kappa shape index (κ3) is 4.40. The van der Waals surface area contributed by atoms with Crippen molar-refractivity contribution in [2.24, 2.45) is 0 Å². The van der Waals surface area contributed by atoms with E-state index in [2.05, 4.69) is 5.16 Å². The van der Waals surface area contributed by atoms with Crippen LogP contribution in [0.1, 0.15) is 17.0 Å². The van der Waals surface area contributed by atoms with Gasteiger partial charge in [-0.25, -0.2) is 8.42 Å². The molecule has 0 aliphatic heterocycles. The maximum Gasteiger partial charge on any atom is 0.248 e. The minimum atomic E-state index is -3.74. The number of aromatic nitrogens is 1. The summed E-state index contributed by atoms with van der Waals surface area (Å²) in [6.45, 7) is 1.85. The monoisotopic (exact) mass is 365 g/mol. The molecule has 0 aliphatic carbocycles. The number of methoxy groups -OCH3 is 1. The van der Waals surface area contributed by atoms with Crippen molar-refractivity contribution >= 4 is 16.1 Å². The van der Waals surface area contributed by atoms with Crippen LogP contribution in [0.5, 0.6) is 5.75 Å². The second-order valence-electron chi connectivity index (χ2n) is 5.85. The minimum Gasteiger partial charge on any atom is -0.497 e. The number of nitrogens with zero attached hydrogens (tertiary/aromatic N) is 3. The van der Waals surface area contributed by atoms with Gasteiger partial charge in [0.05, 0.1) is 7.11 Å². The van der Waals surface area contributed by atoms with Crippen LogP contribution in [0.15, 0.2) is 39.9 Å². The molecule has 0 unspecified atom stereocenters. The van der Waals surface area contributed by atoms with Crippen molar-refractivity contribution in [3.63, 3.8) is 0 Å². The molecular formula is C17H23N3O4S. The van der Waals surface area contributed by atoms with Gasteiger partial charge in [0, 0.05) is 40.0 Å². The number of sulfonamides is 1. The number of aryl methyl sites for hydroxylation is 1. The van der Waals surface area contributed by atoms with Crippen LogP contribution in [0.25, 0.3) is 6.08 Å². The van der Waals surface area contributed by atoms with E-state index in [9.17, 15) is 8.42 Å². The molecule has 1 aromatic carbocycles. The van der Waals surface area contributed by atoms with Crippen LogP contribution in [0.4, 0.5) is 0 Å². The molecule has 0 amide bonds. The summed E-state index contributed by atoms with van der Waals surface area (Å²) in [6.07, 6.45) is 3.30. The summed E-state index contributed by atoms with van der Waals surface area (Å²) in [5.74, 6) is 0.938. The molecule has 2 aromatic rings. The van der Waals surface area contributed by atoms with Gasteiger partial charge in [-0.05, 0) is 24.6 Å². The van der Waals surface area contributed by atoms with Crippen molar-refractivity contribution in [3.8, 4) is 5.75 Å². The molecule has 0 radical (unpaired) electrons. The molecular weight excluding hydrogens is 342 g/mol. The van der Waals surface area contributed by atoms with Crippen LogP contribution in [-0.2, 0) is 16.6 Å². The summed E-state index contributed by atoms with van der Waals surface area (Å²) in [5.41, 5.74) is 1.19. The Kier molecular flexibility index (Phi) is 5.86. The highest BCUT2D eigenvalue weighted by Gasteiger charge is 2.29. The highest BCUT2D eigenvalue weighted by atomic mass is 32.2. The zero-order valence-electron chi connectivity index (χ0n) is 15.1. The summed E-state index contributed by atoms with van der Waals surface area (Å²) in [4.78, 5) is 1.87. The van der Waals surface area contributed by atoms with Gasteiger partial charge in [-0.2, -0.15) is 4.31 Å². The Morgan fingerprint density at radius 2 is 1.84 bits per heavy atom. The van der Waals surface area contributed by atoms with E-state index in [1.54, 1.807) is 43.3 Å². The van der Waals surface area contributed by atoms with Crippen LogP contribution in [0.2, 0.25) is 0 Å². The van der Waals surface area contributed by atoms with E-state index in [0.29, 0.717) is 5.69 Å². The fourth-order valence-corrected chi connectivity index (χ4v) is 3.65. The molecule has 1 aromatic heterocycles. The zero-order valence-corrected chi connectivity index (χ0v) is 15.9. The molecule has 0 bridgehead atoms. The van der Waals surface area contributed by atoms with Crippen molar-refractivity contribution in [1.29, 1.82) is 0 Å². The SMILES string of the molecule is COc1ccc(CN(C)S(=O)(=O)c2c(C)noc2/C=C/N(C)C)cc1. The Bertz CT molecular complexity index is 839. The van der Waals surface area contributed by atoms with Crippen molar-refractivity contribution in [2.75, 3.05) is 28.3 Å². The number of hydrogen-bond acceptors (Lipinski definition) is 6. The van der Waals surface area contributed by atoms with Gasteiger partial charge in [-0.3, -0.25) is 0 Å². The standard InChI is InChI=1S/C17H23N3O4S/c1-13-17(16(24-18-13)10-11-19(2)3)25(21,22)20(4)12-14-6-8-15(23-5)9-7-14/h6-11H,12H2,1-5H3/b11-10+. The van der Waals surface area contributed by atoms with Crippen LogP contribution in [-0.4, -0.2) is 51.0 Å². The average molecular weight is 365 g/mol. The van der Waals surface area contributed by atoms with Crippen LogP contribution >= 0.6 is 0 Å². The van der Waals surface area contributed by atoms with Gasteiger partial charge >= 0.3 is 0 Å². The largest absolute Gasteiger partial charge is 0.497 e. The van der Waals surface area contributed by atoms with E-state index in [4.69, 9.17) is 9.26 Å². The maximum absolute atomic E-state index is 13.0. The average Bonchev–Trinajstić information content (AvgIpc) is 2.95. The lowest BCUT2D eigenvalue weighted by Gasteiger charge is -2.17. The van der Waals surface area contributed by atoms with E-state index in [0.717, 1.165) is 11.3 Å². The lowest BCUT2D eigenvalue weighted by Crippen LogP contribution is -2.27. The number of benzene rings is 1. The Labute approximate surface area is 148 Å². The molecule has 136 valence electrons. The second-order valence-corrected chi connectivity index (χ2v) is 7.83. The topological polar surface area (TPSA) is 75.9 Å². The first-order valence-corrected chi connectivity index (χ1v) is 9.10. The van der Waals surface area contributed by atoms with Gasteiger partial charge in [0.1, 0.15) is 11.4 Å². The zero-order chi connectivity index (χ0) is 18.6.